The maximum Gasteiger partial charge on any atom is 0.254 e. The predicted molar refractivity (Wildman–Crippen MR) is 107 cm³/mol. The first-order valence-corrected chi connectivity index (χ1v) is 11.2. The van der Waals surface area contributed by atoms with E-state index in [4.69, 9.17) is 16.6 Å². The van der Waals surface area contributed by atoms with Gasteiger partial charge in [0.25, 0.3) is 7.29 Å². The van der Waals surface area contributed by atoms with Crippen LogP contribution in [-0.4, -0.2) is 4.98 Å². The number of benzene rings is 2. The molecule has 1 aromatic heterocycles. The molecule has 0 bridgehead atoms. The van der Waals surface area contributed by atoms with Crippen LogP contribution in [-0.2, 0) is 17.4 Å². The summed E-state index contributed by atoms with van der Waals surface area (Å²) in [4.78, 5) is 6.05. The normalized spacial score (nSPS) is 16.0. The van der Waals surface area contributed by atoms with Crippen molar-refractivity contribution in [3.63, 3.8) is 0 Å². The van der Waals surface area contributed by atoms with Crippen LogP contribution in [0.2, 0.25) is 5.02 Å². The first kappa shape index (κ1) is 16.8. The van der Waals surface area contributed by atoms with Crippen LogP contribution in [0.4, 0.5) is 5.69 Å². The highest BCUT2D eigenvalue weighted by atomic mass is 35.5. The van der Waals surface area contributed by atoms with Crippen LogP contribution in [0.5, 0.6) is 0 Å². The van der Waals surface area contributed by atoms with Gasteiger partial charge in [-0.25, -0.2) is 4.98 Å². The molecule has 1 aliphatic rings. The van der Waals surface area contributed by atoms with Gasteiger partial charge in [0, 0.05) is 10.2 Å². The van der Waals surface area contributed by atoms with E-state index < -0.39 is 7.29 Å². The number of thiazole rings is 1. The topological polar surface area (TPSA) is 42.0 Å². The third-order valence-corrected chi connectivity index (χ3v) is 8.93. The number of hydrogen-bond donors (Lipinski definition) is 1. The highest BCUT2D eigenvalue weighted by Crippen LogP contribution is 2.46. The van der Waals surface area contributed by atoms with Crippen molar-refractivity contribution in [1.82, 2.24) is 4.98 Å². The fourth-order valence-corrected chi connectivity index (χ4v) is 7.32. The fraction of sp³-hybridized carbons (Fsp3) is 0.211. The predicted octanol–water partition coefficient (Wildman–Crippen LogP) is 5.02. The number of halogens is 1. The highest BCUT2D eigenvalue weighted by molar-refractivity contribution is 7.84. The lowest BCUT2D eigenvalue weighted by atomic mass is 10.0. The molecule has 0 fully saturated rings. The fourth-order valence-electron chi connectivity index (χ4n) is 3.06. The van der Waals surface area contributed by atoms with Crippen molar-refractivity contribution in [1.29, 1.82) is 0 Å². The van der Waals surface area contributed by atoms with Crippen LogP contribution in [0.15, 0.2) is 54.6 Å². The largest absolute Gasteiger partial charge is 0.326 e. The molecule has 0 radical (unpaired) electrons. The Bertz CT molecular complexity index is 918. The lowest BCUT2D eigenvalue weighted by Crippen LogP contribution is -2.21. The van der Waals surface area contributed by atoms with E-state index in [9.17, 15) is 4.57 Å². The van der Waals surface area contributed by atoms with Crippen molar-refractivity contribution in [2.45, 2.75) is 25.7 Å². The van der Waals surface area contributed by atoms with Crippen molar-refractivity contribution in [2.24, 2.45) is 0 Å². The number of para-hydroxylation sites is 1. The van der Waals surface area contributed by atoms with Crippen LogP contribution in [0.3, 0.4) is 0 Å². The third kappa shape index (κ3) is 3.27. The molecule has 3 nitrogen and oxygen atoms in total. The van der Waals surface area contributed by atoms with Crippen LogP contribution >= 0.6 is 30.2 Å². The number of rotatable bonds is 4. The van der Waals surface area contributed by atoms with E-state index in [0.29, 0.717) is 15.5 Å². The van der Waals surface area contributed by atoms with Gasteiger partial charge in [-0.2, -0.15) is 0 Å². The molecule has 2 aromatic carbocycles. The number of aryl methyl sites for hydroxylation is 2. The Kier molecular flexibility index (Phi) is 4.68. The molecule has 0 aliphatic heterocycles. The molecule has 25 heavy (non-hydrogen) atoms. The van der Waals surface area contributed by atoms with Crippen molar-refractivity contribution in [3.05, 3.63) is 70.2 Å². The van der Waals surface area contributed by atoms with Crippen LogP contribution in [0, 0.1) is 0 Å². The first-order chi connectivity index (χ1) is 12.2. The van der Waals surface area contributed by atoms with E-state index in [0.717, 1.165) is 30.3 Å². The maximum absolute atomic E-state index is 14.1. The van der Waals surface area contributed by atoms with Gasteiger partial charge in [0.15, 0.2) is 4.75 Å². The second-order valence-corrected chi connectivity index (χ2v) is 10.3. The summed E-state index contributed by atoms with van der Waals surface area (Å²) >= 11 is 7.89. The van der Waals surface area contributed by atoms with E-state index in [2.05, 4.69) is 5.09 Å². The van der Waals surface area contributed by atoms with Crippen LogP contribution in [0.1, 0.15) is 23.4 Å². The van der Waals surface area contributed by atoms with E-state index in [1.807, 2.05) is 48.5 Å². The van der Waals surface area contributed by atoms with Gasteiger partial charge >= 0.3 is 0 Å². The highest BCUT2D eigenvalue weighted by Gasteiger charge is 2.33. The Morgan fingerprint density at radius 3 is 2.48 bits per heavy atom. The molecule has 1 aliphatic carbocycles. The van der Waals surface area contributed by atoms with Gasteiger partial charge in [-0.3, -0.25) is 4.57 Å². The molecule has 0 amide bonds. The summed E-state index contributed by atoms with van der Waals surface area (Å²) < 4.78 is 14.8. The minimum Gasteiger partial charge on any atom is -0.326 e. The van der Waals surface area contributed by atoms with E-state index >= 15 is 0 Å². The molecular formula is C19H18ClN2OPS. The van der Waals surface area contributed by atoms with Crippen molar-refractivity contribution >= 4 is 46.0 Å². The van der Waals surface area contributed by atoms with Crippen LogP contribution in [0.25, 0.3) is 0 Å². The summed E-state index contributed by atoms with van der Waals surface area (Å²) in [6.45, 7) is 0. The summed E-state index contributed by atoms with van der Waals surface area (Å²) in [7, 11) is -3.10. The van der Waals surface area contributed by atoms with Gasteiger partial charge in [0.05, 0.1) is 16.4 Å². The van der Waals surface area contributed by atoms with E-state index in [-0.39, 0.29) is 0 Å². The number of nitrogens with one attached hydrogen (secondary N) is 1. The molecule has 1 heterocycles. The van der Waals surface area contributed by atoms with Crippen molar-refractivity contribution in [3.8, 4) is 0 Å². The smallest absolute Gasteiger partial charge is 0.254 e. The lowest BCUT2D eigenvalue weighted by Gasteiger charge is -2.19. The summed E-state index contributed by atoms with van der Waals surface area (Å²) in [5.41, 5.74) is 1.79. The molecule has 3 aromatic rings. The Hall–Kier alpha value is -1.61. The summed E-state index contributed by atoms with van der Waals surface area (Å²) in [5.74, 6) is 0. The minimum atomic E-state index is -3.10. The number of anilines is 1. The van der Waals surface area contributed by atoms with Crippen molar-refractivity contribution in [2.75, 3.05) is 5.09 Å². The Morgan fingerprint density at radius 2 is 1.72 bits per heavy atom. The zero-order valence-electron chi connectivity index (χ0n) is 13.6. The number of fused-ring (bicyclic) bond motifs is 1. The molecule has 0 saturated heterocycles. The lowest BCUT2D eigenvalue weighted by molar-refractivity contribution is 0.590. The third-order valence-electron chi connectivity index (χ3n) is 4.38. The monoisotopic (exact) mass is 388 g/mol. The number of hydrogen-bond acceptors (Lipinski definition) is 3. The summed E-state index contributed by atoms with van der Waals surface area (Å²) in [5, 5.41) is 4.54. The van der Waals surface area contributed by atoms with Gasteiger partial charge < -0.3 is 5.09 Å². The maximum atomic E-state index is 14.1. The molecule has 6 heteroatoms. The second-order valence-electron chi connectivity index (χ2n) is 6.11. The molecule has 0 saturated carbocycles. The Labute approximate surface area is 156 Å². The second kappa shape index (κ2) is 6.95. The first-order valence-electron chi connectivity index (χ1n) is 8.34. The van der Waals surface area contributed by atoms with Gasteiger partial charge in [0.2, 0.25) is 0 Å². The summed E-state index contributed by atoms with van der Waals surface area (Å²) in [6.07, 6.45) is 4.35. The minimum absolute atomic E-state index is 0.556. The van der Waals surface area contributed by atoms with E-state index in [1.54, 1.807) is 17.4 Å². The molecule has 0 spiro atoms. The van der Waals surface area contributed by atoms with Gasteiger partial charge in [-0.1, -0.05) is 41.9 Å². The van der Waals surface area contributed by atoms with E-state index in [1.165, 1.54) is 11.3 Å². The zero-order chi connectivity index (χ0) is 17.3. The van der Waals surface area contributed by atoms with Crippen LogP contribution < -0.4 is 15.1 Å². The quantitative estimate of drug-likeness (QED) is 0.638. The summed E-state index contributed by atoms with van der Waals surface area (Å²) in [6, 6.07) is 16.9. The van der Waals surface area contributed by atoms with Gasteiger partial charge in [-0.15, -0.1) is 11.3 Å². The Morgan fingerprint density at radius 1 is 1.00 bits per heavy atom. The van der Waals surface area contributed by atoms with Gasteiger partial charge in [-0.05, 0) is 49.9 Å². The molecule has 1 atom stereocenters. The molecule has 4 rings (SSSR count). The molecular weight excluding hydrogens is 371 g/mol. The number of aromatic nitrogens is 1. The molecule has 128 valence electrons. The SMILES string of the molecule is O=[P@](Nc1ccccc1Cl)(c1ccccc1)c1nc2c(s1)CCCC2. The average Bonchev–Trinajstić information content (AvgIpc) is 3.09. The Balaban J connectivity index is 1.83. The zero-order valence-corrected chi connectivity index (χ0v) is 16.1. The van der Waals surface area contributed by atoms with Gasteiger partial charge in [0.1, 0.15) is 0 Å². The molecule has 1 N–H and O–H groups in total. The van der Waals surface area contributed by atoms with Crippen molar-refractivity contribution < 1.29 is 4.57 Å². The standard InChI is InChI=1S/C19H18ClN2OPS/c20-15-10-4-5-11-16(15)22-24(23,14-8-2-1-3-9-14)19-21-17-12-6-7-13-18(17)25-19/h1-5,8-11H,6-7,12-13H2,(H,22,23)/t24-/m1/s1. The number of nitrogens with zero attached hydrogens (tertiary/aromatic N) is 1. The average molecular weight is 389 g/mol. The molecule has 0 unspecified atom stereocenters.